The van der Waals surface area contributed by atoms with Crippen LogP contribution in [0.2, 0.25) is 0 Å². The summed E-state index contributed by atoms with van der Waals surface area (Å²) in [5.74, 6) is -0.267. The fourth-order valence-corrected chi connectivity index (χ4v) is 1.89. The summed E-state index contributed by atoms with van der Waals surface area (Å²) < 4.78 is 5.67. The first-order valence-electron chi connectivity index (χ1n) is 5.64. The maximum Gasteiger partial charge on any atom is 0.303 e. The van der Waals surface area contributed by atoms with E-state index < -0.39 is 5.97 Å². The SMILES string of the molecule is Cc1ccccc1C1CN=C(CCC(=O)O)O1. The van der Waals surface area contributed by atoms with Gasteiger partial charge in [0.25, 0.3) is 0 Å². The van der Waals surface area contributed by atoms with E-state index in [-0.39, 0.29) is 12.5 Å². The minimum Gasteiger partial charge on any atom is -0.481 e. The molecule has 1 aliphatic rings. The van der Waals surface area contributed by atoms with Gasteiger partial charge in [-0.25, -0.2) is 0 Å². The summed E-state index contributed by atoms with van der Waals surface area (Å²) in [6.45, 7) is 2.62. The number of carbonyl (C=O) groups is 1. The van der Waals surface area contributed by atoms with Crippen LogP contribution in [0.25, 0.3) is 0 Å². The molecule has 4 nitrogen and oxygen atoms in total. The van der Waals surface area contributed by atoms with Gasteiger partial charge in [-0.15, -0.1) is 0 Å². The predicted molar refractivity (Wildman–Crippen MR) is 64.2 cm³/mol. The van der Waals surface area contributed by atoms with Crippen LogP contribution in [0.1, 0.15) is 30.1 Å². The Labute approximate surface area is 99.9 Å². The Morgan fingerprint density at radius 1 is 1.53 bits per heavy atom. The van der Waals surface area contributed by atoms with Crippen molar-refractivity contribution >= 4 is 11.9 Å². The van der Waals surface area contributed by atoms with Crippen molar-refractivity contribution in [1.29, 1.82) is 0 Å². The number of carboxylic acids is 1. The number of rotatable bonds is 4. The number of aliphatic carboxylic acids is 1. The molecule has 1 aromatic carbocycles. The minimum atomic E-state index is -0.823. The lowest BCUT2D eigenvalue weighted by atomic mass is 10.0. The van der Waals surface area contributed by atoms with Gasteiger partial charge in [-0.2, -0.15) is 0 Å². The summed E-state index contributed by atoms with van der Waals surface area (Å²) in [6, 6.07) is 8.02. The van der Waals surface area contributed by atoms with Gasteiger partial charge in [0.05, 0.1) is 13.0 Å². The molecule has 0 spiro atoms. The highest BCUT2D eigenvalue weighted by atomic mass is 16.5. The second-order valence-electron chi connectivity index (χ2n) is 4.09. The quantitative estimate of drug-likeness (QED) is 0.868. The summed E-state index contributed by atoms with van der Waals surface area (Å²) >= 11 is 0. The van der Waals surface area contributed by atoms with Gasteiger partial charge in [0.2, 0.25) is 0 Å². The van der Waals surface area contributed by atoms with Crippen LogP contribution in [0.4, 0.5) is 0 Å². The zero-order valence-corrected chi connectivity index (χ0v) is 9.72. The average molecular weight is 233 g/mol. The van der Waals surface area contributed by atoms with E-state index in [1.165, 1.54) is 5.56 Å². The molecule has 0 bridgehead atoms. The molecule has 1 atom stereocenters. The fraction of sp³-hybridized carbons (Fsp3) is 0.385. The Kier molecular flexibility index (Phi) is 3.42. The molecule has 17 heavy (non-hydrogen) atoms. The van der Waals surface area contributed by atoms with Crippen molar-refractivity contribution in [3.05, 3.63) is 35.4 Å². The van der Waals surface area contributed by atoms with Gasteiger partial charge in [-0.3, -0.25) is 9.79 Å². The second kappa shape index (κ2) is 4.99. The number of hydrogen-bond acceptors (Lipinski definition) is 3. The highest BCUT2D eigenvalue weighted by Gasteiger charge is 2.22. The number of benzene rings is 1. The Bertz CT molecular complexity index is 454. The van der Waals surface area contributed by atoms with Crippen LogP contribution in [0, 0.1) is 6.92 Å². The molecular weight excluding hydrogens is 218 g/mol. The van der Waals surface area contributed by atoms with Gasteiger partial charge in [0.1, 0.15) is 6.10 Å². The lowest BCUT2D eigenvalue weighted by Crippen LogP contribution is -2.08. The van der Waals surface area contributed by atoms with Gasteiger partial charge in [-0.1, -0.05) is 24.3 Å². The molecule has 2 rings (SSSR count). The number of ether oxygens (including phenoxy) is 1. The number of aliphatic imine (C=N–C) groups is 1. The Morgan fingerprint density at radius 2 is 2.29 bits per heavy atom. The molecule has 1 unspecified atom stereocenters. The van der Waals surface area contributed by atoms with Crippen molar-refractivity contribution in [3.63, 3.8) is 0 Å². The topological polar surface area (TPSA) is 58.9 Å². The molecule has 0 aliphatic carbocycles. The molecule has 0 saturated carbocycles. The zero-order valence-electron chi connectivity index (χ0n) is 9.72. The third-order valence-electron chi connectivity index (χ3n) is 2.80. The van der Waals surface area contributed by atoms with E-state index >= 15 is 0 Å². The van der Waals surface area contributed by atoms with Crippen molar-refractivity contribution in [2.75, 3.05) is 6.54 Å². The van der Waals surface area contributed by atoms with Crippen molar-refractivity contribution in [1.82, 2.24) is 0 Å². The van der Waals surface area contributed by atoms with Gasteiger partial charge in [0, 0.05) is 6.42 Å². The molecule has 0 aromatic heterocycles. The largest absolute Gasteiger partial charge is 0.481 e. The molecule has 0 amide bonds. The number of hydrogen-bond donors (Lipinski definition) is 1. The summed E-state index contributed by atoms with van der Waals surface area (Å²) in [5, 5.41) is 8.59. The van der Waals surface area contributed by atoms with Gasteiger partial charge < -0.3 is 9.84 Å². The van der Waals surface area contributed by atoms with E-state index in [2.05, 4.69) is 4.99 Å². The average Bonchev–Trinajstić information content (AvgIpc) is 2.75. The van der Waals surface area contributed by atoms with Crippen molar-refractivity contribution in [2.24, 2.45) is 4.99 Å². The molecule has 1 N–H and O–H groups in total. The maximum atomic E-state index is 10.5. The molecule has 4 heteroatoms. The maximum absolute atomic E-state index is 10.5. The molecule has 0 fully saturated rings. The van der Waals surface area contributed by atoms with Crippen LogP contribution in [-0.4, -0.2) is 23.5 Å². The van der Waals surface area contributed by atoms with E-state index in [1.807, 2.05) is 31.2 Å². The molecule has 0 radical (unpaired) electrons. The van der Waals surface area contributed by atoms with Crippen molar-refractivity contribution in [2.45, 2.75) is 25.9 Å². The van der Waals surface area contributed by atoms with E-state index in [4.69, 9.17) is 9.84 Å². The zero-order chi connectivity index (χ0) is 12.3. The minimum absolute atomic E-state index is 0.0556. The van der Waals surface area contributed by atoms with Gasteiger partial charge in [0.15, 0.2) is 5.90 Å². The van der Waals surface area contributed by atoms with Crippen LogP contribution in [0.3, 0.4) is 0 Å². The summed E-state index contributed by atoms with van der Waals surface area (Å²) in [4.78, 5) is 14.7. The monoisotopic (exact) mass is 233 g/mol. The van der Waals surface area contributed by atoms with Crippen LogP contribution in [-0.2, 0) is 9.53 Å². The Hall–Kier alpha value is -1.84. The van der Waals surface area contributed by atoms with Crippen molar-refractivity contribution < 1.29 is 14.6 Å². The standard InChI is InChI=1S/C13H15NO3/c1-9-4-2-3-5-10(9)11-8-14-12(17-11)6-7-13(15)16/h2-5,11H,6-8H2,1H3,(H,15,16). The molecular formula is C13H15NO3. The summed E-state index contributed by atoms with van der Waals surface area (Å²) in [5.41, 5.74) is 2.30. The smallest absolute Gasteiger partial charge is 0.303 e. The summed E-state index contributed by atoms with van der Waals surface area (Å²) in [6.07, 6.45) is 0.386. The number of aryl methyl sites for hydroxylation is 1. The van der Waals surface area contributed by atoms with E-state index in [9.17, 15) is 4.79 Å². The fourth-order valence-electron chi connectivity index (χ4n) is 1.89. The van der Waals surface area contributed by atoms with Crippen molar-refractivity contribution in [3.8, 4) is 0 Å². The number of carboxylic acid groups (broad SMARTS) is 1. The van der Waals surface area contributed by atoms with E-state index in [0.717, 1.165) is 5.56 Å². The first kappa shape index (κ1) is 11.6. The van der Waals surface area contributed by atoms with Crippen LogP contribution >= 0.6 is 0 Å². The normalized spacial score (nSPS) is 18.6. The number of nitrogens with zero attached hydrogens (tertiary/aromatic N) is 1. The predicted octanol–water partition coefficient (Wildman–Crippen LogP) is 2.33. The molecule has 1 aliphatic heterocycles. The lowest BCUT2D eigenvalue weighted by Gasteiger charge is -2.13. The lowest BCUT2D eigenvalue weighted by molar-refractivity contribution is -0.136. The third kappa shape index (κ3) is 2.84. The molecule has 0 saturated heterocycles. The Morgan fingerprint density at radius 3 is 3.00 bits per heavy atom. The highest BCUT2D eigenvalue weighted by Crippen LogP contribution is 2.26. The molecule has 1 heterocycles. The molecule has 1 aromatic rings. The van der Waals surface area contributed by atoms with Crippen LogP contribution in [0.5, 0.6) is 0 Å². The molecule has 90 valence electrons. The van der Waals surface area contributed by atoms with E-state index in [0.29, 0.717) is 18.9 Å². The summed E-state index contributed by atoms with van der Waals surface area (Å²) in [7, 11) is 0. The second-order valence-corrected chi connectivity index (χ2v) is 4.09. The first-order valence-corrected chi connectivity index (χ1v) is 5.64. The highest BCUT2D eigenvalue weighted by molar-refractivity contribution is 5.81. The Balaban J connectivity index is 1.96. The first-order chi connectivity index (χ1) is 8.16. The van der Waals surface area contributed by atoms with E-state index in [1.54, 1.807) is 0 Å². The van der Waals surface area contributed by atoms with Gasteiger partial charge in [-0.05, 0) is 18.1 Å². The van der Waals surface area contributed by atoms with Crippen LogP contribution in [0.15, 0.2) is 29.3 Å². The van der Waals surface area contributed by atoms with Gasteiger partial charge >= 0.3 is 5.97 Å². The third-order valence-corrected chi connectivity index (χ3v) is 2.80. The van der Waals surface area contributed by atoms with Crippen LogP contribution < -0.4 is 0 Å².